The van der Waals surface area contributed by atoms with E-state index in [1.54, 1.807) is 0 Å². The Balaban J connectivity index is 2.52. The maximum Gasteiger partial charge on any atom is 0.198 e. The third-order valence-electron chi connectivity index (χ3n) is 2.62. The van der Waals surface area contributed by atoms with Gasteiger partial charge in [-0.1, -0.05) is 6.07 Å². The molecule has 2 aromatic carbocycles. The monoisotopic (exact) mass is 250 g/mol. The minimum atomic E-state index is -0.924. The summed E-state index contributed by atoms with van der Waals surface area (Å²) in [6.07, 6.45) is 0. The highest BCUT2D eigenvalue weighted by atomic mass is 19.1. The van der Waals surface area contributed by atoms with E-state index in [0.717, 1.165) is 18.2 Å². The van der Waals surface area contributed by atoms with Crippen LogP contribution in [0.5, 0.6) is 0 Å². The standard InChI is InChI=1S/C14H9F3O/c1-8-2-7-11(16)12(13(8)17)14(18)9-3-5-10(15)6-4-9/h2-7H,1H3. The summed E-state index contributed by atoms with van der Waals surface area (Å²) in [7, 11) is 0. The van der Waals surface area contributed by atoms with E-state index in [1.807, 2.05) is 0 Å². The number of hydrogen-bond donors (Lipinski definition) is 0. The molecular formula is C14H9F3O. The molecule has 0 spiro atoms. The normalized spacial score (nSPS) is 10.4. The zero-order chi connectivity index (χ0) is 13.3. The van der Waals surface area contributed by atoms with Crippen LogP contribution in [0.4, 0.5) is 13.2 Å². The van der Waals surface area contributed by atoms with Crippen molar-refractivity contribution in [3.8, 4) is 0 Å². The molecule has 0 aromatic heterocycles. The quantitative estimate of drug-likeness (QED) is 0.743. The molecule has 0 saturated heterocycles. The first-order valence-electron chi connectivity index (χ1n) is 5.25. The van der Waals surface area contributed by atoms with Crippen molar-refractivity contribution in [3.05, 3.63) is 70.5 Å². The summed E-state index contributed by atoms with van der Waals surface area (Å²) in [5.41, 5.74) is -0.386. The SMILES string of the molecule is Cc1ccc(F)c(C(=O)c2ccc(F)cc2)c1F. The zero-order valence-corrected chi connectivity index (χ0v) is 9.51. The lowest BCUT2D eigenvalue weighted by Gasteiger charge is -2.06. The van der Waals surface area contributed by atoms with E-state index in [2.05, 4.69) is 0 Å². The third kappa shape index (κ3) is 2.14. The third-order valence-corrected chi connectivity index (χ3v) is 2.62. The van der Waals surface area contributed by atoms with Crippen molar-refractivity contribution in [2.75, 3.05) is 0 Å². The highest BCUT2D eigenvalue weighted by Gasteiger charge is 2.20. The number of hydrogen-bond acceptors (Lipinski definition) is 1. The van der Waals surface area contributed by atoms with Crippen LogP contribution in [0.25, 0.3) is 0 Å². The van der Waals surface area contributed by atoms with E-state index in [9.17, 15) is 18.0 Å². The highest BCUT2D eigenvalue weighted by molar-refractivity contribution is 6.09. The van der Waals surface area contributed by atoms with E-state index in [4.69, 9.17) is 0 Å². The van der Waals surface area contributed by atoms with Gasteiger partial charge in [-0.05, 0) is 42.8 Å². The molecule has 0 unspecified atom stereocenters. The van der Waals surface area contributed by atoms with Crippen molar-refractivity contribution in [2.24, 2.45) is 0 Å². The molecule has 18 heavy (non-hydrogen) atoms. The van der Waals surface area contributed by atoms with Crippen molar-refractivity contribution in [3.63, 3.8) is 0 Å². The van der Waals surface area contributed by atoms with Gasteiger partial charge in [0.25, 0.3) is 0 Å². The fourth-order valence-corrected chi connectivity index (χ4v) is 1.61. The van der Waals surface area contributed by atoms with Gasteiger partial charge in [0, 0.05) is 5.56 Å². The summed E-state index contributed by atoms with van der Waals surface area (Å²) >= 11 is 0. The fourth-order valence-electron chi connectivity index (χ4n) is 1.61. The lowest BCUT2D eigenvalue weighted by molar-refractivity contribution is 0.103. The summed E-state index contributed by atoms with van der Waals surface area (Å²) in [6.45, 7) is 1.44. The molecule has 0 amide bonds. The topological polar surface area (TPSA) is 17.1 Å². The second-order valence-corrected chi connectivity index (χ2v) is 3.89. The van der Waals surface area contributed by atoms with Gasteiger partial charge in [-0.25, -0.2) is 13.2 Å². The minimum absolute atomic E-state index is 0.0415. The fraction of sp³-hybridized carbons (Fsp3) is 0.0714. The molecule has 4 heteroatoms. The van der Waals surface area contributed by atoms with Crippen molar-refractivity contribution in [1.82, 2.24) is 0 Å². The van der Waals surface area contributed by atoms with Crippen LogP contribution in [0.2, 0.25) is 0 Å². The summed E-state index contributed by atoms with van der Waals surface area (Å²) in [6, 6.07) is 6.82. The van der Waals surface area contributed by atoms with Crippen LogP contribution in [0.1, 0.15) is 21.5 Å². The van der Waals surface area contributed by atoms with E-state index in [-0.39, 0.29) is 11.1 Å². The second-order valence-electron chi connectivity index (χ2n) is 3.89. The molecule has 0 aliphatic heterocycles. The van der Waals surface area contributed by atoms with Gasteiger partial charge in [0.1, 0.15) is 17.5 Å². The molecule has 2 aromatic rings. The van der Waals surface area contributed by atoms with E-state index < -0.39 is 28.8 Å². The van der Waals surface area contributed by atoms with Crippen LogP contribution >= 0.6 is 0 Å². The Kier molecular flexibility index (Phi) is 3.19. The van der Waals surface area contributed by atoms with E-state index in [0.29, 0.717) is 0 Å². The molecule has 0 aliphatic carbocycles. The predicted molar refractivity (Wildman–Crippen MR) is 60.9 cm³/mol. The predicted octanol–water partition coefficient (Wildman–Crippen LogP) is 3.64. The van der Waals surface area contributed by atoms with Gasteiger partial charge in [0.15, 0.2) is 5.78 Å². The Hall–Kier alpha value is -2.10. The maximum atomic E-state index is 13.7. The highest BCUT2D eigenvalue weighted by Crippen LogP contribution is 2.20. The molecule has 0 fully saturated rings. The molecule has 0 bridgehead atoms. The van der Waals surface area contributed by atoms with Crippen LogP contribution in [0.15, 0.2) is 36.4 Å². The summed E-state index contributed by atoms with van der Waals surface area (Å²) in [5.74, 6) is -3.12. The first-order chi connectivity index (χ1) is 8.50. The molecule has 0 saturated carbocycles. The van der Waals surface area contributed by atoms with Crippen LogP contribution in [-0.4, -0.2) is 5.78 Å². The Bertz CT molecular complexity index is 603. The van der Waals surface area contributed by atoms with Crippen molar-refractivity contribution < 1.29 is 18.0 Å². The van der Waals surface area contributed by atoms with Gasteiger partial charge < -0.3 is 0 Å². The van der Waals surface area contributed by atoms with Crippen molar-refractivity contribution in [2.45, 2.75) is 6.92 Å². The van der Waals surface area contributed by atoms with E-state index >= 15 is 0 Å². The Morgan fingerprint density at radius 3 is 2.17 bits per heavy atom. The van der Waals surface area contributed by atoms with Crippen molar-refractivity contribution >= 4 is 5.78 Å². The molecular weight excluding hydrogens is 241 g/mol. The molecule has 0 N–H and O–H groups in total. The maximum absolute atomic E-state index is 13.7. The van der Waals surface area contributed by atoms with Crippen LogP contribution in [-0.2, 0) is 0 Å². The Morgan fingerprint density at radius 2 is 1.56 bits per heavy atom. The average molecular weight is 250 g/mol. The number of carbonyl (C=O) groups is 1. The molecule has 0 radical (unpaired) electrons. The molecule has 0 heterocycles. The van der Waals surface area contributed by atoms with Gasteiger partial charge in [-0.2, -0.15) is 0 Å². The number of rotatable bonds is 2. The van der Waals surface area contributed by atoms with Gasteiger partial charge >= 0.3 is 0 Å². The number of benzene rings is 2. The molecule has 92 valence electrons. The number of aryl methyl sites for hydroxylation is 1. The van der Waals surface area contributed by atoms with E-state index in [1.165, 1.54) is 25.1 Å². The van der Waals surface area contributed by atoms with Gasteiger partial charge in [-0.15, -0.1) is 0 Å². The first-order valence-corrected chi connectivity index (χ1v) is 5.25. The smallest absolute Gasteiger partial charge is 0.198 e. The molecule has 0 aliphatic rings. The Labute approximate surface area is 102 Å². The zero-order valence-electron chi connectivity index (χ0n) is 9.51. The second kappa shape index (κ2) is 4.64. The van der Waals surface area contributed by atoms with Gasteiger partial charge in [-0.3, -0.25) is 4.79 Å². The Morgan fingerprint density at radius 1 is 0.944 bits per heavy atom. The van der Waals surface area contributed by atoms with Crippen LogP contribution < -0.4 is 0 Å². The first kappa shape index (κ1) is 12.4. The summed E-state index contributed by atoms with van der Waals surface area (Å²) in [4.78, 5) is 11.9. The van der Waals surface area contributed by atoms with Crippen LogP contribution in [0, 0.1) is 24.4 Å². The largest absolute Gasteiger partial charge is 0.288 e. The molecule has 2 rings (SSSR count). The summed E-state index contributed by atoms with van der Waals surface area (Å²) in [5, 5.41) is 0. The minimum Gasteiger partial charge on any atom is -0.288 e. The number of carbonyl (C=O) groups excluding carboxylic acids is 1. The van der Waals surface area contributed by atoms with Gasteiger partial charge in [0.05, 0.1) is 5.56 Å². The average Bonchev–Trinajstić information content (AvgIpc) is 2.35. The number of halogens is 3. The lowest BCUT2D eigenvalue weighted by Crippen LogP contribution is -2.08. The van der Waals surface area contributed by atoms with Crippen molar-refractivity contribution in [1.29, 1.82) is 0 Å². The number of ketones is 1. The van der Waals surface area contributed by atoms with Crippen LogP contribution in [0.3, 0.4) is 0 Å². The lowest BCUT2D eigenvalue weighted by atomic mass is 10.0. The summed E-state index contributed by atoms with van der Waals surface area (Å²) < 4.78 is 40.0. The van der Waals surface area contributed by atoms with Gasteiger partial charge in [0.2, 0.25) is 0 Å². The molecule has 1 nitrogen and oxygen atoms in total. The molecule has 0 atom stereocenters.